The monoisotopic (exact) mass is 199 g/mol. The predicted octanol–water partition coefficient (Wildman–Crippen LogP) is 3.10. The third-order valence-electron chi connectivity index (χ3n) is 2.02. The molecule has 0 atom stereocenters. The van der Waals surface area contributed by atoms with Gasteiger partial charge < -0.3 is 0 Å². The molecular formula is C12H9NS. The van der Waals surface area contributed by atoms with Crippen LogP contribution in [-0.2, 0) is 0 Å². The maximum absolute atomic E-state index is 5.32. The molecule has 0 aromatic carbocycles. The minimum Gasteiger partial charge on any atom is -0.256 e. The van der Waals surface area contributed by atoms with Gasteiger partial charge in [0.25, 0.3) is 0 Å². The van der Waals surface area contributed by atoms with Crippen LogP contribution in [0, 0.1) is 19.3 Å². The molecule has 2 heterocycles. The Balaban J connectivity index is 2.51. The topological polar surface area (TPSA) is 12.9 Å². The summed E-state index contributed by atoms with van der Waals surface area (Å²) in [6.07, 6.45) is 7.12. The maximum Gasteiger partial charge on any atom is 0.0772 e. The Hall–Kier alpha value is -1.59. The molecule has 1 nitrogen and oxygen atoms in total. The van der Waals surface area contributed by atoms with Crippen molar-refractivity contribution in [3.05, 3.63) is 40.2 Å². The lowest BCUT2D eigenvalue weighted by atomic mass is 10.1. The van der Waals surface area contributed by atoms with Crippen molar-refractivity contribution in [2.24, 2.45) is 0 Å². The van der Waals surface area contributed by atoms with Crippen molar-refractivity contribution in [3.8, 4) is 23.6 Å². The predicted molar refractivity (Wildman–Crippen MR) is 60.2 cm³/mol. The second-order valence-electron chi connectivity index (χ2n) is 3.01. The highest BCUT2D eigenvalue weighted by Crippen LogP contribution is 2.25. The van der Waals surface area contributed by atoms with Crippen LogP contribution in [-0.4, -0.2) is 4.98 Å². The molecule has 0 saturated heterocycles. The van der Waals surface area contributed by atoms with Crippen molar-refractivity contribution < 1.29 is 0 Å². The van der Waals surface area contributed by atoms with E-state index >= 15 is 0 Å². The molecule has 2 aromatic rings. The van der Waals surface area contributed by atoms with Crippen LogP contribution >= 0.6 is 11.3 Å². The van der Waals surface area contributed by atoms with Gasteiger partial charge in [-0.3, -0.25) is 4.98 Å². The first-order valence-electron chi connectivity index (χ1n) is 4.28. The standard InChI is InChI=1S/C12H9NS/c1-3-11-7-10(8-14-11)12-9(2)5-4-6-13-12/h1,4-8H,2H3. The Morgan fingerprint density at radius 3 is 3.00 bits per heavy atom. The minimum atomic E-state index is 0.949. The fourth-order valence-electron chi connectivity index (χ4n) is 1.32. The molecule has 0 saturated carbocycles. The average Bonchev–Trinajstić information content (AvgIpc) is 2.67. The molecule has 0 spiro atoms. The van der Waals surface area contributed by atoms with E-state index < -0.39 is 0 Å². The van der Waals surface area contributed by atoms with E-state index in [1.165, 1.54) is 5.56 Å². The number of rotatable bonds is 1. The van der Waals surface area contributed by atoms with Crippen molar-refractivity contribution in [2.45, 2.75) is 6.92 Å². The van der Waals surface area contributed by atoms with Crippen molar-refractivity contribution in [3.63, 3.8) is 0 Å². The lowest BCUT2D eigenvalue weighted by molar-refractivity contribution is 1.27. The molecule has 0 radical (unpaired) electrons. The molecule has 0 fully saturated rings. The van der Waals surface area contributed by atoms with E-state index in [-0.39, 0.29) is 0 Å². The zero-order valence-electron chi connectivity index (χ0n) is 7.82. The van der Waals surface area contributed by atoms with Crippen LogP contribution in [0.5, 0.6) is 0 Å². The van der Waals surface area contributed by atoms with E-state index in [0.29, 0.717) is 0 Å². The summed E-state index contributed by atoms with van der Waals surface area (Å²) in [5, 5.41) is 2.05. The number of pyridine rings is 1. The van der Waals surface area contributed by atoms with E-state index in [4.69, 9.17) is 6.42 Å². The third-order valence-corrected chi connectivity index (χ3v) is 2.89. The quantitative estimate of drug-likeness (QED) is 0.643. The number of hydrogen-bond acceptors (Lipinski definition) is 2. The number of nitrogens with zero attached hydrogens (tertiary/aromatic N) is 1. The van der Waals surface area contributed by atoms with E-state index in [1.807, 2.05) is 17.5 Å². The van der Waals surface area contributed by atoms with Gasteiger partial charge in [0.05, 0.1) is 10.6 Å². The van der Waals surface area contributed by atoms with Gasteiger partial charge in [-0.15, -0.1) is 17.8 Å². The summed E-state index contributed by atoms with van der Waals surface area (Å²) in [5.74, 6) is 2.63. The Morgan fingerprint density at radius 2 is 2.36 bits per heavy atom. The second kappa shape index (κ2) is 3.65. The van der Waals surface area contributed by atoms with Gasteiger partial charge >= 0.3 is 0 Å². The summed E-state index contributed by atoms with van der Waals surface area (Å²) in [6.45, 7) is 2.05. The summed E-state index contributed by atoms with van der Waals surface area (Å²) in [5.41, 5.74) is 3.31. The Morgan fingerprint density at radius 1 is 1.50 bits per heavy atom. The van der Waals surface area contributed by atoms with Crippen LogP contribution in [0.2, 0.25) is 0 Å². The molecule has 2 aromatic heterocycles. The zero-order valence-corrected chi connectivity index (χ0v) is 8.64. The molecule has 0 aliphatic heterocycles. The number of aryl methyl sites for hydroxylation is 1. The van der Waals surface area contributed by atoms with Gasteiger partial charge in [-0.1, -0.05) is 12.0 Å². The molecule has 2 heteroatoms. The Kier molecular flexibility index (Phi) is 2.34. The fourth-order valence-corrected chi connectivity index (χ4v) is 2.02. The molecule has 68 valence electrons. The Bertz CT molecular complexity index is 491. The van der Waals surface area contributed by atoms with Gasteiger partial charge in [-0.05, 0) is 24.6 Å². The van der Waals surface area contributed by atoms with E-state index in [2.05, 4.69) is 23.9 Å². The Labute approximate surface area is 87.4 Å². The van der Waals surface area contributed by atoms with E-state index in [0.717, 1.165) is 16.1 Å². The smallest absolute Gasteiger partial charge is 0.0772 e. The molecule has 0 aliphatic carbocycles. The largest absolute Gasteiger partial charge is 0.256 e. The average molecular weight is 199 g/mol. The normalized spacial score (nSPS) is 9.71. The number of thiophene rings is 1. The number of hydrogen-bond donors (Lipinski definition) is 0. The highest BCUT2D eigenvalue weighted by atomic mass is 32.1. The number of aromatic nitrogens is 1. The first kappa shape index (κ1) is 8.98. The molecule has 0 bridgehead atoms. The van der Waals surface area contributed by atoms with Gasteiger partial charge in [0.2, 0.25) is 0 Å². The van der Waals surface area contributed by atoms with Crippen LogP contribution in [0.4, 0.5) is 0 Å². The minimum absolute atomic E-state index is 0.949. The third kappa shape index (κ3) is 1.55. The van der Waals surface area contributed by atoms with Gasteiger partial charge in [0, 0.05) is 17.1 Å². The SMILES string of the molecule is C#Cc1cc(-c2ncccc2C)cs1. The first-order chi connectivity index (χ1) is 6.81. The van der Waals surface area contributed by atoms with Gasteiger partial charge in [0.1, 0.15) is 0 Å². The summed E-state index contributed by atoms with van der Waals surface area (Å²) in [6, 6.07) is 5.99. The van der Waals surface area contributed by atoms with Crippen molar-refractivity contribution in [1.82, 2.24) is 4.98 Å². The van der Waals surface area contributed by atoms with Gasteiger partial charge in [0.15, 0.2) is 0 Å². The van der Waals surface area contributed by atoms with Crippen molar-refractivity contribution >= 4 is 11.3 Å². The highest BCUT2D eigenvalue weighted by Gasteiger charge is 2.04. The first-order valence-corrected chi connectivity index (χ1v) is 5.16. The van der Waals surface area contributed by atoms with E-state index in [9.17, 15) is 0 Å². The lowest BCUT2D eigenvalue weighted by Gasteiger charge is -1.99. The number of terminal acetylenes is 1. The van der Waals surface area contributed by atoms with Crippen molar-refractivity contribution in [2.75, 3.05) is 0 Å². The summed E-state index contributed by atoms with van der Waals surface area (Å²) >= 11 is 1.58. The van der Waals surface area contributed by atoms with E-state index in [1.54, 1.807) is 17.5 Å². The highest BCUT2D eigenvalue weighted by molar-refractivity contribution is 7.11. The molecule has 0 amide bonds. The van der Waals surface area contributed by atoms with Crippen LogP contribution < -0.4 is 0 Å². The van der Waals surface area contributed by atoms with Gasteiger partial charge in [-0.2, -0.15) is 0 Å². The van der Waals surface area contributed by atoms with Crippen LogP contribution in [0.25, 0.3) is 11.3 Å². The molecule has 0 N–H and O–H groups in total. The molecule has 14 heavy (non-hydrogen) atoms. The van der Waals surface area contributed by atoms with Crippen LogP contribution in [0.1, 0.15) is 10.4 Å². The van der Waals surface area contributed by atoms with Crippen LogP contribution in [0.3, 0.4) is 0 Å². The van der Waals surface area contributed by atoms with Crippen molar-refractivity contribution in [1.29, 1.82) is 0 Å². The summed E-state index contributed by atoms with van der Waals surface area (Å²) in [4.78, 5) is 5.28. The fraction of sp³-hybridized carbons (Fsp3) is 0.0833. The second-order valence-corrected chi connectivity index (χ2v) is 3.92. The van der Waals surface area contributed by atoms with Crippen LogP contribution in [0.15, 0.2) is 29.8 Å². The maximum atomic E-state index is 5.32. The summed E-state index contributed by atoms with van der Waals surface area (Å²) < 4.78 is 0. The summed E-state index contributed by atoms with van der Waals surface area (Å²) in [7, 11) is 0. The molecule has 2 rings (SSSR count). The molecule has 0 aliphatic rings. The molecule has 0 unspecified atom stereocenters. The zero-order chi connectivity index (χ0) is 9.97. The lowest BCUT2D eigenvalue weighted by Crippen LogP contribution is -1.84. The molecular weight excluding hydrogens is 190 g/mol. The van der Waals surface area contributed by atoms with Gasteiger partial charge in [-0.25, -0.2) is 0 Å².